The lowest BCUT2D eigenvalue weighted by Gasteiger charge is -1.97. The molecule has 0 saturated heterocycles. The molecular formula is C15H13N2O. The summed E-state index contributed by atoms with van der Waals surface area (Å²) >= 11 is 0. The van der Waals surface area contributed by atoms with Crippen molar-refractivity contribution in [2.45, 2.75) is 0 Å². The Bertz CT molecular complexity index is 542. The van der Waals surface area contributed by atoms with Crippen LogP contribution in [0.1, 0.15) is 5.56 Å². The highest BCUT2D eigenvalue weighted by molar-refractivity contribution is 5.44. The molecule has 2 aromatic rings. The van der Waals surface area contributed by atoms with Crippen LogP contribution < -0.4 is 0 Å². The van der Waals surface area contributed by atoms with Gasteiger partial charge in [0, 0.05) is 6.42 Å². The van der Waals surface area contributed by atoms with E-state index in [1.165, 1.54) is 0 Å². The number of phenolic OH excluding ortho intramolecular Hbond substituents is 1. The SMILES string of the molecule is C=C[CH]c1ccc(N=Nc2ccc(O)cc2)cc1. The monoisotopic (exact) mass is 237 g/mol. The minimum Gasteiger partial charge on any atom is -0.508 e. The normalized spacial score (nSPS) is 10.7. The first-order valence-electron chi connectivity index (χ1n) is 5.54. The van der Waals surface area contributed by atoms with E-state index in [9.17, 15) is 0 Å². The van der Waals surface area contributed by atoms with Gasteiger partial charge < -0.3 is 5.11 Å². The third kappa shape index (κ3) is 3.28. The average molecular weight is 237 g/mol. The van der Waals surface area contributed by atoms with Crippen molar-refractivity contribution in [2.75, 3.05) is 0 Å². The minimum atomic E-state index is 0.221. The number of benzene rings is 2. The summed E-state index contributed by atoms with van der Waals surface area (Å²) in [6.45, 7) is 3.64. The summed E-state index contributed by atoms with van der Waals surface area (Å²) < 4.78 is 0. The van der Waals surface area contributed by atoms with Crippen LogP contribution in [0.5, 0.6) is 5.75 Å². The molecule has 1 N–H and O–H groups in total. The number of allylic oxidation sites excluding steroid dienone is 1. The van der Waals surface area contributed by atoms with Crippen molar-refractivity contribution in [3.8, 4) is 5.75 Å². The largest absolute Gasteiger partial charge is 0.508 e. The van der Waals surface area contributed by atoms with Crippen LogP contribution in [0.25, 0.3) is 0 Å². The number of hydrogen-bond donors (Lipinski definition) is 1. The smallest absolute Gasteiger partial charge is 0.115 e. The van der Waals surface area contributed by atoms with E-state index in [-0.39, 0.29) is 5.75 Å². The lowest BCUT2D eigenvalue weighted by molar-refractivity contribution is 0.475. The molecule has 0 unspecified atom stereocenters. The number of rotatable bonds is 4. The molecule has 0 amide bonds. The fourth-order valence-corrected chi connectivity index (χ4v) is 1.42. The highest BCUT2D eigenvalue weighted by Crippen LogP contribution is 2.21. The van der Waals surface area contributed by atoms with Gasteiger partial charge in [0.25, 0.3) is 0 Å². The predicted molar refractivity (Wildman–Crippen MR) is 72.3 cm³/mol. The Hall–Kier alpha value is -2.42. The molecule has 3 heteroatoms. The van der Waals surface area contributed by atoms with E-state index < -0.39 is 0 Å². The molecule has 18 heavy (non-hydrogen) atoms. The summed E-state index contributed by atoms with van der Waals surface area (Å²) in [6.07, 6.45) is 3.66. The van der Waals surface area contributed by atoms with E-state index in [0.717, 1.165) is 11.3 Å². The Morgan fingerprint density at radius 2 is 1.33 bits per heavy atom. The van der Waals surface area contributed by atoms with Crippen molar-refractivity contribution in [3.63, 3.8) is 0 Å². The van der Waals surface area contributed by atoms with Crippen LogP contribution in [-0.2, 0) is 0 Å². The van der Waals surface area contributed by atoms with Crippen molar-refractivity contribution in [2.24, 2.45) is 10.2 Å². The van der Waals surface area contributed by atoms with Gasteiger partial charge in [-0.25, -0.2) is 0 Å². The summed E-state index contributed by atoms with van der Waals surface area (Å²) in [6, 6.07) is 14.3. The molecule has 89 valence electrons. The molecule has 0 saturated carbocycles. The molecule has 0 aliphatic heterocycles. The number of nitrogens with zero attached hydrogens (tertiary/aromatic N) is 2. The van der Waals surface area contributed by atoms with Gasteiger partial charge in [-0.1, -0.05) is 18.2 Å². The summed E-state index contributed by atoms with van der Waals surface area (Å²) in [5.41, 5.74) is 2.56. The Kier molecular flexibility index (Phi) is 3.86. The maximum Gasteiger partial charge on any atom is 0.115 e. The Labute approximate surface area is 106 Å². The zero-order chi connectivity index (χ0) is 12.8. The molecular weight excluding hydrogens is 224 g/mol. The fourth-order valence-electron chi connectivity index (χ4n) is 1.42. The van der Waals surface area contributed by atoms with Crippen LogP contribution in [0.15, 0.2) is 71.4 Å². The van der Waals surface area contributed by atoms with Crippen LogP contribution >= 0.6 is 0 Å². The first-order chi connectivity index (χ1) is 8.78. The predicted octanol–water partition coefficient (Wildman–Crippen LogP) is 4.55. The van der Waals surface area contributed by atoms with Crippen LogP contribution in [0.2, 0.25) is 0 Å². The number of hydrogen-bond acceptors (Lipinski definition) is 3. The molecule has 0 aromatic heterocycles. The first kappa shape index (κ1) is 12.0. The fraction of sp³-hybridized carbons (Fsp3) is 0. The lowest BCUT2D eigenvalue weighted by atomic mass is 10.1. The molecule has 2 aromatic carbocycles. The molecule has 0 spiro atoms. The van der Waals surface area contributed by atoms with E-state index in [4.69, 9.17) is 5.11 Å². The highest BCUT2D eigenvalue weighted by atomic mass is 16.3. The van der Waals surface area contributed by atoms with E-state index in [1.54, 1.807) is 30.3 Å². The van der Waals surface area contributed by atoms with Gasteiger partial charge in [0.15, 0.2) is 0 Å². The van der Waals surface area contributed by atoms with Gasteiger partial charge in [-0.15, -0.1) is 6.58 Å². The minimum absolute atomic E-state index is 0.221. The van der Waals surface area contributed by atoms with E-state index >= 15 is 0 Å². The van der Waals surface area contributed by atoms with Gasteiger partial charge in [-0.3, -0.25) is 0 Å². The topological polar surface area (TPSA) is 45.0 Å². The summed E-state index contributed by atoms with van der Waals surface area (Å²) in [4.78, 5) is 0. The Morgan fingerprint density at radius 1 is 0.833 bits per heavy atom. The molecule has 0 heterocycles. The second-order valence-electron chi connectivity index (χ2n) is 3.71. The van der Waals surface area contributed by atoms with Crippen LogP contribution in [-0.4, -0.2) is 5.11 Å². The standard InChI is InChI=1S/C15H13N2O/c1-2-3-12-4-6-13(7-5-12)16-17-14-8-10-15(18)11-9-14/h2-11,18H,1H2. The van der Waals surface area contributed by atoms with Crippen molar-refractivity contribution in [1.29, 1.82) is 0 Å². The molecule has 0 fully saturated rings. The quantitative estimate of drug-likeness (QED) is 0.779. The summed E-state index contributed by atoms with van der Waals surface area (Å²) in [7, 11) is 0. The number of azo groups is 1. The molecule has 0 aliphatic carbocycles. The first-order valence-corrected chi connectivity index (χ1v) is 5.54. The molecule has 0 aliphatic rings. The lowest BCUT2D eigenvalue weighted by Crippen LogP contribution is -1.75. The van der Waals surface area contributed by atoms with Gasteiger partial charge >= 0.3 is 0 Å². The van der Waals surface area contributed by atoms with Crippen molar-refractivity contribution in [1.82, 2.24) is 0 Å². The third-order valence-electron chi connectivity index (χ3n) is 2.33. The van der Waals surface area contributed by atoms with Crippen molar-refractivity contribution in [3.05, 3.63) is 73.2 Å². The maximum atomic E-state index is 9.14. The van der Waals surface area contributed by atoms with Crippen LogP contribution in [0.3, 0.4) is 0 Å². The zero-order valence-electron chi connectivity index (χ0n) is 9.82. The van der Waals surface area contributed by atoms with Crippen LogP contribution in [0, 0.1) is 6.42 Å². The van der Waals surface area contributed by atoms with Crippen molar-refractivity contribution >= 4 is 11.4 Å². The van der Waals surface area contributed by atoms with Crippen molar-refractivity contribution < 1.29 is 5.11 Å². The highest BCUT2D eigenvalue weighted by Gasteiger charge is 1.93. The molecule has 0 atom stereocenters. The molecule has 3 nitrogen and oxygen atoms in total. The van der Waals surface area contributed by atoms with E-state index in [1.807, 2.05) is 30.7 Å². The van der Waals surface area contributed by atoms with Gasteiger partial charge in [0.1, 0.15) is 5.75 Å². The Balaban J connectivity index is 2.08. The molecule has 1 radical (unpaired) electrons. The molecule has 2 rings (SSSR count). The van der Waals surface area contributed by atoms with Gasteiger partial charge in [-0.2, -0.15) is 10.2 Å². The van der Waals surface area contributed by atoms with Gasteiger partial charge in [0.05, 0.1) is 11.4 Å². The average Bonchev–Trinajstić information content (AvgIpc) is 2.40. The van der Waals surface area contributed by atoms with Crippen LogP contribution in [0.4, 0.5) is 11.4 Å². The summed E-state index contributed by atoms with van der Waals surface area (Å²) in [5, 5.41) is 17.3. The second-order valence-corrected chi connectivity index (χ2v) is 3.71. The van der Waals surface area contributed by atoms with E-state index in [0.29, 0.717) is 5.69 Å². The number of phenols is 1. The molecule has 0 bridgehead atoms. The number of aromatic hydroxyl groups is 1. The Morgan fingerprint density at radius 3 is 1.83 bits per heavy atom. The second kappa shape index (κ2) is 5.77. The summed E-state index contributed by atoms with van der Waals surface area (Å²) in [5.74, 6) is 0.221. The third-order valence-corrected chi connectivity index (χ3v) is 2.33. The van der Waals surface area contributed by atoms with E-state index in [2.05, 4.69) is 16.8 Å². The van der Waals surface area contributed by atoms with Gasteiger partial charge in [-0.05, 0) is 42.0 Å². The zero-order valence-corrected chi connectivity index (χ0v) is 9.82. The maximum absolute atomic E-state index is 9.14. The van der Waals surface area contributed by atoms with Gasteiger partial charge in [0.2, 0.25) is 0 Å².